The number of methoxy groups -OCH3 is 1. The van der Waals surface area contributed by atoms with Gasteiger partial charge >= 0.3 is 5.97 Å². The molecule has 0 rings (SSSR count). The summed E-state index contributed by atoms with van der Waals surface area (Å²) in [7, 11) is 1.49. The highest BCUT2D eigenvalue weighted by Crippen LogP contribution is 1.97. The van der Waals surface area contributed by atoms with Crippen LogP contribution in [0.2, 0.25) is 0 Å². The molecule has 0 spiro atoms. The number of nitrogens with zero attached hydrogens (tertiary/aromatic N) is 1. The molecule has 5 heteroatoms. The van der Waals surface area contributed by atoms with Gasteiger partial charge in [0.25, 0.3) is 0 Å². The Labute approximate surface area is 89.0 Å². The van der Waals surface area contributed by atoms with Crippen molar-refractivity contribution in [3.8, 4) is 12.3 Å². The molecule has 0 aromatic rings. The Morgan fingerprint density at radius 3 is 2.67 bits per heavy atom. The highest BCUT2D eigenvalue weighted by atomic mass is 16.5. The summed E-state index contributed by atoms with van der Waals surface area (Å²) in [5.41, 5.74) is 0. The van der Waals surface area contributed by atoms with Crippen molar-refractivity contribution in [2.24, 2.45) is 0 Å². The smallest absolute Gasteiger partial charge is 0.323 e. The summed E-state index contributed by atoms with van der Waals surface area (Å²) in [6.07, 6.45) is 5.51. The van der Waals surface area contributed by atoms with Crippen molar-refractivity contribution in [2.75, 3.05) is 26.8 Å². The number of amides is 1. The Morgan fingerprint density at radius 2 is 2.20 bits per heavy atom. The van der Waals surface area contributed by atoms with Crippen LogP contribution < -0.4 is 0 Å². The van der Waals surface area contributed by atoms with Crippen molar-refractivity contribution in [1.82, 2.24) is 4.90 Å². The monoisotopic (exact) mass is 213 g/mol. The average molecular weight is 213 g/mol. The highest BCUT2D eigenvalue weighted by molar-refractivity contribution is 5.81. The number of ether oxygens (including phenoxy) is 1. The van der Waals surface area contributed by atoms with Crippen molar-refractivity contribution in [2.45, 2.75) is 12.8 Å². The average Bonchev–Trinajstić information content (AvgIpc) is 2.20. The van der Waals surface area contributed by atoms with Gasteiger partial charge in [-0.15, -0.1) is 12.3 Å². The minimum Gasteiger partial charge on any atom is -0.480 e. The summed E-state index contributed by atoms with van der Waals surface area (Å²) in [6.45, 7) is 0.272. The van der Waals surface area contributed by atoms with Crippen LogP contribution in [0.4, 0.5) is 0 Å². The molecule has 15 heavy (non-hydrogen) atoms. The second-order valence-electron chi connectivity index (χ2n) is 2.91. The van der Waals surface area contributed by atoms with Gasteiger partial charge in [-0.25, -0.2) is 0 Å². The van der Waals surface area contributed by atoms with Gasteiger partial charge in [-0.2, -0.15) is 0 Å². The second-order valence-corrected chi connectivity index (χ2v) is 2.91. The van der Waals surface area contributed by atoms with E-state index in [9.17, 15) is 9.59 Å². The maximum atomic E-state index is 11.5. The van der Waals surface area contributed by atoms with Crippen LogP contribution in [0.15, 0.2) is 0 Å². The quantitative estimate of drug-likeness (QED) is 0.602. The van der Waals surface area contributed by atoms with Gasteiger partial charge < -0.3 is 14.7 Å². The van der Waals surface area contributed by atoms with Gasteiger partial charge in [-0.3, -0.25) is 9.59 Å². The lowest BCUT2D eigenvalue weighted by atomic mass is 10.3. The number of aliphatic carboxylic acids is 1. The van der Waals surface area contributed by atoms with Crippen LogP contribution in [-0.4, -0.2) is 48.7 Å². The molecular weight excluding hydrogens is 198 g/mol. The van der Waals surface area contributed by atoms with E-state index in [4.69, 9.17) is 16.3 Å². The topological polar surface area (TPSA) is 66.8 Å². The Morgan fingerprint density at radius 1 is 1.53 bits per heavy atom. The molecule has 5 nitrogen and oxygen atoms in total. The first-order valence-electron chi connectivity index (χ1n) is 4.53. The molecule has 0 aromatic heterocycles. The van der Waals surface area contributed by atoms with E-state index in [1.165, 1.54) is 12.0 Å². The molecule has 0 saturated heterocycles. The largest absolute Gasteiger partial charge is 0.480 e. The molecule has 0 aromatic carbocycles. The van der Waals surface area contributed by atoms with Crippen LogP contribution in [-0.2, 0) is 14.3 Å². The number of rotatable bonds is 7. The summed E-state index contributed by atoms with van der Waals surface area (Å²) in [5.74, 6) is 1.04. The zero-order valence-electron chi connectivity index (χ0n) is 8.73. The Balaban J connectivity index is 4.14. The van der Waals surface area contributed by atoms with E-state index < -0.39 is 5.97 Å². The summed E-state index contributed by atoms with van der Waals surface area (Å²) in [4.78, 5) is 23.2. The van der Waals surface area contributed by atoms with E-state index in [0.717, 1.165) is 0 Å². The number of terminal acetylenes is 1. The van der Waals surface area contributed by atoms with E-state index in [2.05, 4.69) is 5.92 Å². The van der Waals surface area contributed by atoms with E-state index in [1.54, 1.807) is 0 Å². The molecule has 0 unspecified atom stereocenters. The molecule has 0 bridgehead atoms. The van der Waals surface area contributed by atoms with Crippen molar-refractivity contribution in [3.63, 3.8) is 0 Å². The SMILES string of the molecule is C#CCCC(=O)N(CCOC)CC(=O)O. The number of carboxylic acid groups (broad SMARTS) is 1. The lowest BCUT2D eigenvalue weighted by Gasteiger charge is -2.19. The van der Waals surface area contributed by atoms with Crippen molar-refractivity contribution in [3.05, 3.63) is 0 Å². The molecule has 0 aliphatic rings. The standard InChI is InChI=1S/C10H15NO4/c1-3-4-5-9(12)11(6-7-15-2)8-10(13)14/h1H,4-8H2,2H3,(H,13,14). The second kappa shape index (κ2) is 7.83. The van der Waals surface area contributed by atoms with Crippen LogP contribution in [0.1, 0.15) is 12.8 Å². The van der Waals surface area contributed by atoms with E-state index in [1.807, 2.05) is 0 Å². The van der Waals surface area contributed by atoms with Crippen LogP contribution in [0.25, 0.3) is 0 Å². The lowest BCUT2D eigenvalue weighted by molar-refractivity contribution is -0.144. The van der Waals surface area contributed by atoms with Gasteiger partial charge in [0.15, 0.2) is 0 Å². The highest BCUT2D eigenvalue weighted by Gasteiger charge is 2.15. The van der Waals surface area contributed by atoms with Gasteiger partial charge in [0.2, 0.25) is 5.91 Å². The Kier molecular flexibility index (Phi) is 7.02. The molecule has 0 aliphatic carbocycles. The minimum atomic E-state index is -1.04. The number of carbonyl (C=O) groups is 2. The zero-order valence-corrected chi connectivity index (χ0v) is 8.73. The molecule has 0 atom stereocenters. The molecular formula is C10H15NO4. The number of hydrogen-bond donors (Lipinski definition) is 1. The molecule has 0 fully saturated rings. The van der Waals surface area contributed by atoms with Crippen LogP contribution in [0, 0.1) is 12.3 Å². The van der Waals surface area contributed by atoms with Crippen molar-refractivity contribution >= 4 is 11.9 Å². The normalized spacial score (nSPS) is 9.33. The molecule has 84 valence electrons. The molecule has 0 aliphatic heterocycles. The van der Waals surface area contributed by atoms with Gasteiger partial charge in [0.1, 0.15) is 6.54 Å². The van der Waals surface area contributed by atoms with Crippen LogP contribution in [0.5, 0.6) is 0 Å². The van der Waals surface area contributed by atoms with E-state index in [0.29, 0.717) is 13.0 Å². The third-order valence-corrected chi connectivity index (χ3v) is 1.73. The third kappa shape index (κ3) is 6.52. The summed E-state index contributed by atoms with van der Waals surface area (Å²) in [5, 5.41) is 8.58. The van der Waals surface area contributed by atoms with Gasteiger partial charge in [0.05, 0.1) is 6.61 Å². The van der Waals surface area contributed by atoms with E-state index in [-0.39, 0.29) is 25.4 Å². The first-order chi connectivity index (χ1) is 7.11. The zero-order chi connectivity index (χ0) is 11.7. The summed E-state index contributed by atoms with van der Waals surface area (Å²) < 4.78 is 4.78. The summed E-state index contributed by atoms with van der Waals surface area (Å²) >= 11 is 0. The molecule has 0 saturated carbocycles. The number of carboxylic acids is 1. The van der Waals surface area contributed by atoms with Crippen molar-refractivity contribution in [1.29, 1.82) is 0 Å². The first kappa shape index (κ1) is 13.5. The molecule has 0 radical (unpaired) electrons. The fourth-order valence-corrected chi connectivity index (χ4v) is 0.994. The third-order valence-electron chi connectivity index (χ3n) is 1.73. The number of carbonyl (C=O) groups excluding carboxylic acids is 1. The fraction of sp³-hybridized carbons (Fsp3) is 0.600. The van der Waals surface area contributed by atoms with E-state index >= 15 is 0 Å². The van der Waals surface area contributed by atoms with Crippen LogP contribution in [0.3, 0.4) is 0 Å². The fourth-order valence-electron chi connectivity index (χ4n) is 0.994. The molecule has 1 amide bonds. The maximum Gasteiger partial charge on any atom is 0.323 e. The maximum absolute atomic E-state index is 11.5. The lowest BCUT2D eigenvalue weighted by Crippen LogP contribution is -2.37. The number of hydrogen-bond acceptors (Lipinski definition) is 3. The minimum absolute atomic E-state index is 0.174. The van der Waals surface area contributed by atoms with Gasteiger partial charge in [-0.05, 0) is 0 Å². The predicted octanol–water partition coefficient (Wildman–Crippen LogP) is -0.0406. The first-order valence-corrected chi connectivity index (χ1v) is 4.53. The summed E-state index contributed by atoms with van der Waals surface area (Å²) in [6, 6.07) is 0. The Hall–Kier alpha value is -1.54. The molecule has 0 heterocycles. The Bertz CT molecular complexity index is 257. The predicted molar refractivity (Wildman–Crippen MR) is 54.2 cm³/mol. The van der Waals surface area contributed by atoms with Gasteiger partial charge in [-0.1, -0.05) is 0 Å². The van der Waals surface area contributed by atoms with Gasteiger partial charge in [0, 0.05) is 26.5 Å². The van der Waals surface area contributed by atoms with Crippen LogP contribution >= 0.6 is 0 Å². The molecule has 1 N–H and O–H groups in total. The van der Waals surface area contributed by atoms with Crippen molar-refractivity contribution < 1.29 is 19.4 Å².